The van der Waals surface area contributed by atoms with Crippen molar-refractivity contribution in [2.45, 2.75) is 25.8 Å². The SMILES string of the molecule is Cc1ccc(C(NC(=O)CCc2cnn(-c3ccccc3)c2)c2cccs2)cc1. The zero-order valence-corrected chi connectivity index (χ0v) is 17.1. The summed E-state index contributed by atoms with van der Waals surface area (Å²) in [6.07, 6.45) is 4.90. The molecule has 2 heterocycles. The van der Waals surface area contributed by atoms with E-state index in [9.17, 15) is 4.79 Å². The fraction of sp³-hybridized carbons (Fsp3) is 0.167. The van der Waals surface area contributed by atoms with E-state index in [1.165, 1.54) is 5.56 Å². The summed E-state index contributed by atoms with van der Waals surface area (Å²) in [6, 6.07) is 22.3. The molecule has 0 radical (unpaired) electrons. The van der Waals surface area contributed by atoms with Crippen LogP contribution in [0.3, 0.4) is 0 Å². The molecule has 2 aromatic heterocycles. The summed E-state index contributed by atoms with van der Waals surface area (Å²) in [4.78, 5) is 13.8. The Balaban J connectivity index is 1.41. The molecular formula is C24H23N3OS. The number of amides is 1. The molecule has 5 heteroatoms. The number of rotatable bonds is 7. The Labute approximate surface area is 174 Å². The van der Waals surface area contributed by atoms with Crippen molar-refractivity contribution in [3.05, 3.63) is 106 Å². The molecule has 0 saturated carbocycles. The van der Waals surface area contributed by atoms with E-state index >= 15 is 0 Å². The second-order valence-corrected chi connectivity index (χ2v) is 8.03. The first kappa shape index (κ1) is 19.2. The molecule has 29 heavy (non-hydrogen) atoms. The van der Waals surface area contributed by atoms with Crippen molar-refractivity contribution in [2.75, 3.05) is 0 Å². The van der Waals surface area contributed by atoms with E-state index in [4.69, 9.17) is 0 Å². The second-order valence-electron chi connectivity index (χ2n) is 7.06. The maximum absolute atomic E-state index is 12.7. The molecule has 0 spiro atoms. The first-order valence-corrected chi connectivity index (χ1v) is 10.6. The minimum atomic E-state index is -0.116. The van der Waals surface area contributed by atoms with Crippen LogP contribution in [0.15, 0.2) is 84.5 Å². The van der Waals surface area contributed by atoms with Crippen LogP contribution < -0.4 is 5.32 Å². The van der Waals surface area contributed by atoms with Gasteiger partial charge in [-0.15, -0.1) is 11.3 Å². The van der Waals surface area contributed by atoms with Crippen molar-refractivity contribution >= 4 is 17.2 Å². The van der Waals surface area contributed by atoms with Gasteiger partial charge in [-0.25, -0.2) is 4.68 Å². The van der Waals surface area contributed by atoms with Crippen molar-refractivity contribution in [3.8, 4) is 5.69 Å². The Morgan fingerprint density at radius 2 is 1.86 bits per heavy atom. The van der Waals surface area contributed by atoms with Crippen molar-refractivity contribution in [1.29, 1.82) is 0 Å². The quantitative estimate of drug-likeness (QED) is 0.469. The molecule has 4 rings (SSSR count). The Bertz CT molecular complexity index is 1050. The van der Waals surface area contributed by atoms with Gasteiger partial charge in [-0.1, -0.05) is 54.1 Å². The molecule has 4 aromatic rings. The molecule has 0 fully saturated rings. The lowest BCUT2D eigenvalue weighted by molar-refractivity contribution is -0.121. The van der Waals surface area contributed by atoms with Gasteiger partial charge in [-0.2, -0.15) is 5.10 Å². The topological polar surface area (TPSA) is 46.9 Å². The van der Waals surface area contributed by atoms with Gasteiger partial charge in [-0.05, 0) is 48.1 Å². The first-order valence-electron chi connectivity index (χ1n) is 9.67. The molecular weight excluding hydrogens is 378 g/mol. The van der Waals surface area contributed by atoms with Crippen LogP contribution in [0.1, 0.15) is 34.0 Å². The molecule has 1 unspecified atom stereocenters. The second kappa shape index (κ2) is 8.88. The van der Waals surface area contributed by atoms with Crippen LogP contribution >= 0.6 is 11.3 Å². The van der Waals surface area contributed by atoms with E-state index in [0.717, 1.165) is 21.7 Å². The van der Waals surface area contributed by atoms with E-state index in [1.54, 1.807) is 11.3 Å². The van der Waals surface area contributed by atoms with E-state index in [2.05, 4.69) is 47.7 Å². The molecule has 0 aliphatic heterocycles. The predicted octanol–water partition coefficient (Wildman–Crippen LogP) is 5.08. The summed E-state index contributed by atoms with van der Waals surface area (Å²) < 4.78 is 1.84. The van der Waals surface area contributed by atoms with Gasteiger partial charge in [0.2, 0.25) is 5.91 Å². The summed E-state index contributed by atoms with van der Waals surface area (Å²) in [5.74, 6) is 0.0384. The number of nitrogens with one attached hydrogen (secondary N) is 1. The van der Waals surface area contributed by atoms with Gasteiger partial charge in [0, 0.05) is 17.5 Å². The van der Waals surface area contributed by atoms with Gasteiger partial charge < -0.3 is 5.32 Å². The lowest BCUT2D eigenvalue weighted by atomic mass is 10.0. The summed E-state index contributed by atoms with van der Waals surface area (Å²) in [6.45, 7) is 2.07. The molecule has 0 bridgehead atoms. The van der Waals surface area contributed by atoms with Gasteiger partial charge in [0.05, 0.1) is 17.9 Å². The number of para-hydroxylation sites is 1. The number of hydrogen-bond donors (Lipinski definition) is 1. The van der Waals surface area contributed by atoms with Crippen molar-refractivity contribution in [1.82, 2.24) is 15.1 Å². The highest BCUT2D eigenvalue weighted by molar-refractivity contribution is 7.10. The van der Waals surface area contributed by atoms with E-state index in [0.29, 0.717) is 12.8 Å². The van der Waals surface area contributed by atoms with E-state index < -0.39 is 0 Å². The van der Waals surface area contributed by atoms with Gasteiger partial charge in [0.15, 0.2) is 0 Å². The van der Waals surface area contributed by atoms with Crippen LogP contribution in [0.5, 0.6) is 0 Å². The molecule has 0 aliphatic rings. The minimum absolute atomic E-state index is 0.0384. The highest BCUT2D eigenvalue weighted by atomic mass is 32.1. The van der Waals surface area contributed by atoms with Crippen molar-refractivity contribution < 1.29 is 4.79 Å². The maximum atomic E-state index is 12.7. The fourth-order valence-electron chi connectivity index (χ4n) is 3.24. The first-order chi connectivity index (χ1) is 14.2. The number of nitrogens with zero attached hydrogens (tertiary/aromatic N) is 2. The number of carbonyl (C=O) groups is 1. The van der Waals surface area contributed by atoms with Gasteiger partial charge in [-0.3, -0.25) is 4.79 Å². The molecule has 0 saturated heterocycles. The van der Waals surface area contributed by atoms with Crippen LogP contribution in [-0.4, -0.2) is 15.7 Å². The normalized spacial score (nSPS) is 11.9. The third-order valence-electron chi connectivity index (χ3n) is 4.84. The molecule has 1 N–H and O–H groups in total. The Morgan fingerprint density at radius 3 is 2.59 bits per heavy atom. The third-order valence-corrected chi connectivity index (χ3v) is 5.78. The third kappa shape index (κ3) is 4.81. The Kier molecular flexibility index (Phi) is 5.86. The van der Waals surface area contributed by atoms with Gasteiger partial charge >= 0.3 is 0 Å². The highest BCUT2D eigenvalue weighted by Gasteiger charge is 2.18. The molecule has 146 valence electrons. The molecule has 2 aromatic carbocycles. The monoisotopic (exact) mass is 401 g/mol. The van der Waals surface area contributed by atoms with Crippen LogP contribution in [0, 0.1) is 6.92 Å². The summed E-state index contributed by atoms with van der Waals surface area (Å²) in [5, 5.41) is 9.66. The summed E-state index contributed by atoms with van der Waals surface area (Å²) in [5.41, 5.74) is 4.37. The Morgan fingerprint density at radius 1 is 1.07 bits per heavy atom. The number of thiophene rings is 1. The molecule has 1 amide bonds. The smallest absolute Gasteiger partial charge is 0.221 e. The van der Waals surface area contributed by atoms with E-state index in [1.807, 2.05) is 58.9 Å². The Hall–Kier alpha value is -3.18. The van der Waals surface area contributed by atoms with Crippen LogP contribution in [0.25, 0.3) is 5.69 Å². The van der Waals surface area contributed by atoms with Crippen molar-refractivity contribution in [3.63, 3.8) is 0 Å². The lowest BCUT2D eigenvalue weighted by Gasteiger charge is -2.18. The number of aromatic nitrogens is 2. The summed E-state index contributed by atoms with van der Waals surface area (Å²) in [7, 11) is 0. The molecule has 4 nitrogen and oxygen atoms in total. The zero-order valence-electron chi connectivity index (χ0n) is 16.3. The van der Waals surface area contributed by atoms with Crippen LogP contribution in [0.4, 0.5) is 0 Å². The van der Waals surface area contributed by atoms with Crippen LogP contribution in [-0.2, 0) is 11.2 Å². The standard InChI is InChI=1S/C24H23N3OS/c1-18-9-12-20(13-10-18)24(22-8-5-15-29-22)26-23(28)14-11-19-16-25-27(17-19)21-6-3-2-4-7-21/h2-10,12-13,15-17,24H,11,14H2,1H3,(H,26,28). The average Bonchev–Trinajstić information content (AvgIpc) is 3.44. The zero-order chi connectivity index (χ0) is 20.1. The molecule has 1 atom stereocenters. The number of benzene rings is 2. The minimum Gasteiger partial charge on any atom is -0.344 e. The summed E-state index contributed by atoms with van der Waals surface area (Å²) >= 11 is 1.66. The molecule has 0 aliphatic carbocycles. The highest BCUT2D eigenvalue weighted by Crippen LogP contribution is 2.26. The number of carbonyl (C=O) groups excluding carboxylic acids is 1. The number of hydrogen-bond acceptors (Lipinski definition) is 3. The average molecular weight is 402 g/mol. The van der Waals surface area contributed by atoms with Gasteiger partial charge in [0.25, 0.3) is 0 Å². The maximum Gasteiger partial charge on any atom is 0.221 e. The fourth-order valence-corrected chi connectivity index (χ4v) is 4.04. The predicted molar refractivity (Wildman–Crippen MR) is 117 cm³/mol. The van der Waals surface area contributed by atoms with Crippen molar-refractivity contribution in [2.24, 2.45) is 0 Å². The van der Waals surface area contributed by atoms with Crippen LogP contribution in [0.2, 0.25) is 0 Å². The largest absolute Gasteiger partial charge is 0.344 e. The number of aryl methyl sites for hydroxylation is 2. The lowest BCUT2D eigenvalue weighted by Crippen LogP contribution is -2.29. The van der Waals surface area contributed by atoms with E-state index in [-0.39, 0.29) is 11.9 Å². The van der Waals surface area contributed by atoms with Gasteiger partial charge in [0.1, 0.15) is 0 Å².